The summed E-state index contributed by atoms with van der Waals surface area (Å²) in [5.74, 6) is -0.436. The number of hydrogen-bond acceptors (Lipinski definition) is 10. The van der Waals surface area contributed by atoms with Crippen molar-refractivity contribution < 1.29 is 36.7 Å². The van der Waals surface area contributed by atoms with Gasteiger partial charge in [-0.25, -0.2) is 18.0 Å². The van der Waals surface area contributed by atoms with Crippen LogP contribution in [0.25, 0.3) is 49.4 Å². The van der Waals surface area contributed by atoms with Crippen molar-refractivity contribution in [3.05, 3.63) is 285 Å². The van der Waals surface area contributed by atoms with Gasteiger partial charge in [-0.05, 0) is 235 Å². The van der Waals surface area contributed by atoms with E-state index >= 15 is 4.39 Å². The standard InChI is InChI=1S/C37H30Cl2FN3O3.C15H24BNO2.C15H14ClFIN.C15H15ClFN/c1-23-27(22-46-35-16-34(28(20-44)15-32(35)38)45-21-25-14-29(41-2)18-42-17-25)6-5-7-30(23)36-33(40)13-12-31(37(36)39)26-10-8-24(9-11-26)19-43(3)4;1-14(2)15(3,4)19-16(18-14)13-9-7-12(8-10-13)11-17(5)6;1-19(2)9-10-3-5-11(6-4-10)12-7-8-13(17)15(18)14(12)16;1-18(2)10-11-3-5-12(6-4-11)14-8-7-13(17)9-15(14)16/h5-18,20H,19,21-22H2,1,3-4H3;7-10H,11H2,1-6H3;3-8H,9H2,1-2H3;3-9H,10H2,1-2H3. The Morgan fingerprint density at radius 2 is 1.00 bits per heavy atom. The summed E-state index contributed by atoms with van der Waals surface area (Å²) in [4.78, 5) is 27.6. The second-order valence-electron chi connectivity index (χ2n) is 26.8. The Morgan fingerprint density at radius 1 is 0.529 bits per heavy atom. The highest BCUT2D eigenvalue weighted by molar-refractivity contribution is 14.1. The molecule has 0 bridgehead atoms. The summed E-state index contributed by atoms with van der Waals surface area (Å²) in [7, 11) is 16.0. The summed E-state index contributed by atoms with van der Waals surface area (Å²) in [5.41, 5.74) is 14.7. The van der Waals surface area contributed by atoms with Gasteiger partial charge in [0, 0.05) is 66.9 Å². The quantitative estimate of drug-likeness (QED) is 0.0242. The first-order chi connectivity index (χ1) is 48.4. The fourth-order valence-corrected chi connectivity index (χ4v) is 12.6. The van der Waals surface area contributed by atoms with Crippen molar-refractivity contribution in [2.45, 2.75) is 85.2 Å². The molecule has 102 heavy (non-hydrogen) atoms. The summed E-state index contributed by atoms with van der Waals surface area (Å²) >= 11 is 27.5. The van der Waals surface area contributed by atoms with E-state index in [2.05, 4.69) is 120 Å². The van der Waals surface area contributed by atoms with Crippen LogP contribution in [0.3, 0.4) is 0 Å². The number of ether oxygens (including phenoxy) is 2. The molecular formula is C82H83BCl4F3IN6O5. The predicted octanol–water partition coefficient (Wildman–Crippen LogP) is 20.8. The fourth-order valence-electron chi connectivity index (χ4n) is 11.0. The molecule has 2 heterocycles. The highest BCUT2D eigenvalue weighted by atomic mass is 127. The van der Waals surface area contributed by atoms with Crippen LogP contribution in [0.4, 0.5) is 18.9 Å². The minimum absolute atomic E-state index is 0.0883. The van der Waals surface area contributed by atoms with E-state index in [1.807, 2.05) is 139 Å². The van der Waals surface area contributed by atoms with Crippen molar-refractivity contribution in [1.82, 2.24) is 24.6 Å². The van der Waals surface area contributed by atoms with Gasteiger partial charge in [0.25, 0.3) is 0 Å². The Bertz CT molecular complexity index is 4530. The molecule has 1 fully saturated rings. The lowest BCUT2D eigenvalue weighted by Crippen LogP contribution is -2.41. The molecule has 1 aliphatic heterocycles. The molecule has 9 aromatic carbocycles. The SMILES string of the molecule is CN(C)Cc1ccc(-c2ccc(F)c(I)c2Cl)cc1.CN(C)Cc1ccc(-c2ccc(F)cc2Cl)cc1.CN(C)Cc1ccc(B2OC(C)(C)C(C)(C)O2)cc1.[C-]#[N+]c1cncc(COc2cc(OCc3cccc(-c4c(F)ccc(-c5ccc(CN(C)C)cc5)c4Cl)c3C)c(Cl)cc2C=O)c1. The van der Waals surface area contributed by atoms with Gasteiger partial charge < -0.3 is 38.4 Å². The number of carbonyl (C=O) groups excluding carboxylic acids is 1. The summed E-state index contributed by atoms with van der Waals surface area (Å²) < 4.78 is 66.3. The average Bonchev–Trinajstić information content (AvgIpc) is 1.56. The van der Waals surface area contributed by atoms with Gasteiger partial charge in [0.1, 0.15) is 42.2 Å². The van der Waals surface area contributed by atoms with Crippen LogP contribution in [0.1, 0.15) is 77.0 Å². The number of aldehydes is 1. The van der Waals surface area contributed by atoms with Crippen molar-refractivity contribution >= 4 is 93.5 Å². The summed E-state index contributed by atoms with van der Waals surface area (Å²) in [6.07, 6.45) is 3.70. The van der Waals surface area contributed by atoms with Gasteiger partial charge in [-0.2, -0.15) is 0 Å². The van der Waals surface area contributed by atoms with Gasteiger partial charge in [-0.1, -0.05) is 162 Å². The average molecular weight is 1570 g/mol. The van der Waals surface area contributed by atoms with E-state index in [1.54, 1.807) is 36.5 Å². The van der Waals surface area contributed by atoms with Crippen LogP contribution in [-0.2, 0) is 48.7 Å². The van der Waals surface area contributed by atoms with Crippen molar-refractivity contribution in [3.8, 4) is 56.0 Å². The van der Waals surface area contributed by atoms with E-state index in [0.717, 1.165) is 76.1 Å². The number of benzene rings is 9. The smallest absolute Gasteiger partial charge is 0.488 e. The number of aromatic nitrogens is 1. The molecule has 0 saturated carbocycles. The van der Waals surface area contributed by atoms with Crippen molar-refractivity contribution in [2.75, 3.05) is 56.4 Å². The van der Waals surface area contributed by atoms with Gasteiger partial charge in [-0.3, -0.25) is 9.78 Å². The molecule has 0 spiro atoms. The summed E-state index contributed by atoms with van der Waals surface area (Å²) in [5, 5.41) is 1.47. The first-order valence-electron chi connectivity index (χ1n) is 32.8. The van der Waals surface area contributed by atoms with E-state index < -0.39 is 5.82 Å². The minimum Gasteiger partial charge on any atom is -0.488 e. The van der Waals surface area contributed by atoms with E-state index in [0.29, 0.717) is 53.1 Å². The lowest BCUT2D eigenvalue weighted by molar-refractivity contribution is 0.00578. The Hall–Kier alpha value is -7.61. The molecule has 0 N–H and O–H groups in total. The topological polar surface area (TPSA) is 84.2 Å². The van der Waals surface area contributed by atoms with Gasteiger partial charge >= 0.3 is 7.12 Å². The number of nitrogens with zero attached hydrogens (tertiary/aromatic N) is 6. The summed E-state index contributed by atoms with van der Waals surface area (Å²) in [6, 6.07) is 53.9. The Morgan fingerprint density at radius 3 is 1.49 bits per heavy atom. The lowest BCUT2D eigenvalue weighted by Gasteiger charge is -2.32. The fraction of sp³-hybridized carbons (Fsp3) is 0.256. The van der Waals surface area contributed by atoms with E-state index in [1.165, 1.54) is 58.8 Å². The second kappa shape index (κ2) is 36.7. The van der Waals surface area contributed by atoms with Gasteiger partial charge in [0.05, 0.1) is 47.0 Å². The Kier molecular flexibility index (Phi) is 28.8. The van der Waals surface area contributed by atoms with Crippen LogP contribution >= 0.6 is 69.0 Å². The molecule has 11 rings (SSSR count). The molecule has 0 atom stereocenters. The zero-order valence-electron chi connectivity index (χ0n) is 59.5. The highest BCUT2D eigenvalue weighted by Gasteiger charge is 2.51. The third kappa shape index (κ3) is 21.7. The van der Waals surface area contributed by atoms with E-state index in [4.69, 9.17) is 71.8 Å². The zero-order valence-corrected chi connectivity index (χ0v) is 64.7. The number of halogens is 8. The third-order valence-corrected chi connectivity index (χ3v) is 19.7. The van der Waals surface area contributed by atoms with Crippen molar-refractivity contribution in [1.29, 1.82) is 0 Å². The van der Waals surface area contributed by atoms with Crippen molar-refractivity contribution in [2.24, 2.45) is 0 Å². The van der Waals surface area contributed by atoms with Crippen LogP contribution in [0, 0.1) is 34.5 Å². The largest absolute Gasteiger partial charge is 0.494 e. The Labute approximate surface area is 633 Å². The molecule has 1 saturated heterocycles. The maximum atomic E-state index is 15.4. The van der Waals surface area contributed by atoms with E-state index in [9.17, 15) is 13.6 Å². The maximum Gasteiger partial charge on any atom is 0.494 e. The van der Waals surface area contributed by atoms with E-state index in [-0.39, 0.29) is 59.5 Å². The lowest BCUT2D eigenvalue weighted by atomic mass is 9.79. The second-order valence-corrected chi connectivity index (χ2v) is 29.4. The molecule has 0 radical (unpaired) electrons. The number of carbonyl (C=O) groups is 1. The highest BCUT2D eigenvalue weighted by Crippen LogP contribution is 2.42. The van der Waals surface area contributed by atoms with Gasteiger partial charge in [0.2, 0.25) is 5.69 Å². The molecule has 1 aliphatic rings. The molecule has 0 aliphatic carbocycles. The monoisotopic (exact) mass is 1570 g/mol. The van der Waals surface area contributed by atoms with Gasteiger partial charge in [-0.15, -0.1) is 0 Å². The van der Waals surface area contributed by atoms with Crippen LogP contribution in [0.5, 0.6) is 11.5 Å². The zero-order chi connectivity index (χ0) is 74.2. The molecule has 1 aromatic heterocycles. The molecule has 0 amide bonds. The third-order valence-electron chi connectivity index (χ3n) is 16.9. The first kappa shape index (κ1) is 80.1. The van der Waals surface area contributed by atoms with Crippen LogP contribution in [0.2, 0.25) is 20.1 Å². The predicted molar refractivity (Wildman–Crippen MR) is 421 cm³/mol. The first-order valence-corrected chi connectivity index (χ1v) is 35.4. The number of hydrogen-bond donors (Lipinski definition) is 0. The maximum absolute atomic E-state index is 15.4. The van der Waals surface area contributed by atoms with Crippen LogP contribution in [0.15, 0.2) is 188 Å². The minimum atomic E-state index is -0.425. The normalized spacial score (nSPS) is 12.8. The van der Waals surface area contributed by atoms with Gasteiger partial charge in [0.15, 0.2) is 6.29 Å². The molecule has 530 valence electrons. The molecule has 10 aromatic rings. The van der Waals surface area contributed by atoms with Crippen molar-refractivity contribution in [3.63, 3.8) is 0 Å². The Balaban J connectivity index is 0.000000194. The molecule has 0 unspecified atom stereocenters. The molecule has 20 heteroatoms. The molecular weight excluding hydrogens is 1490 g/mol. The summed E-state index contributed by atoms with van der Waals surface area (Å²) in [6.45, 7) is 21.1. The van der Waals surface area contributed by atoms with Crippen LogP contribution < -0.4 is 14.9 Å². The number of rotatable bonds is 20. The molecule has 11 nitrogen and oxygen atoms in total. The van der Waals surface area contributed by atoms with Crippen LogP contribution in [-0.4, -0.2) is 106 Å². The number of pyridine rings is 1.